The maximum absolute atomic E-state index is 13.0. The van der Waals surface area contributed by atoms with Gasteiger partial charge in [-0.2, -0.15) is 0 Å². The van der Waals surface area contributed by atoms with Gasteiger partial charge in [-0.15, -0.1) is 0 Å². The molecule has 1 aromatic carbocycles. The molecule has 20 heavy (non-hydrogen) atoms. The van der Waals surface area contributed by atoms with Gasteiger partial charge in [-0.05, 0) is 37.0 Å². The Kier molecular flexibility index (Phi) is 5.53. The predicted molar refractivity (Wildman–Crippen MR) is 79.1 cm³/mol. The van der Waals surface area contributed by atoms with Gasteiger partial charge in [-0.1, -0.05) is 32.3 Å². The van der Waals surface area contributed by atoms with E-state index in [1.54, 1.807) is 12.1 Å². The lowest BCUT2D eigenvalue weighted by Gasteiger charge is -2.29. The SMILES string of the molecule is CCC1CCCC(NCC(=O)Nc2cccc(F)c2)C1. The molecule has 1 aliphatic carbocycles. The second kappa shape index (κ2) is 7.39. The number of carbonyl (C=O) groups is 1. The molecule has 0 radical (unpaired) electrons. The number of halogens is 1. The molecule has 1 saturated carbocycles. The number of benzene rings is 1. The molecule has 2 rings (SSSR count). The topological polar surface area (TPSA) is 41.1 Å². The van der Waals surface area contributed by atoms with E-state index in [1.807, 2.05) is 0 Å². The third kappa shape index (κ3) is 4.60. The van der Waals surface area contributed by atoms with Crippen molar-refractivity contribution in [2.45, 2.75) is 45.1 Å². The van der Waals surface area contributed by atoms with Crippen molar-refractivity contribution in [3.05, 3.63) is 30.1 Å². The highest BCUT2D eigenvalue weighted by atomic mass is 19.1. The van der Waals surface area contributed by atoms with Crippen LogP contribution in [0.15, 0.2) is 24.3 Å². The average molecular weight is 278 g/mol. The summed E-state index contributed by atoms with van der Waals surface area (Å²) in [5.41, 5.74) is 0.506. The van der Waals surface area contributed by atoms with Crippen molar-refractivity contribution in [1.29, 1.82) is 0 Å². The summed E-state index contributed by atoms with van der Waals surface area (Å²) in [7, 11) is 0. The highest BCUT2D eigenvalue weighted by Crippen LogP contribution is 2.26. The number of anilines is 1. The maximum atomic E-state index is 13.0. The minimum atomic E-state index is -0.339. The van der Waals surface area contributed by atoms with Crippen LogP contribution in [0.4, 0.5) is 10.1 Å². The highest BCUT2D eigenvalue weighted by Gasteiger charge is 2.20. The zero-order valence-corrected chi connectivity index (χ0v) is 12.0. The van der Waals surface area contributed by atoms with Crippen molar-refractivity contribution in [3.8, 4) is 0 Å². The first-order chi connectivity index (χ1) is 9.67. The van der Waals surface area contributed by atoms with E-state index in [0.29, 0.717) is 11.7 Å². The van der Waals surface area contributed by atoms with Gasteiger partial charge in [0.1, 0.15) is 5.82 Å². The lowest BCUT2D eigenvalue weighted by Crippen LogP contribution is -2.39. The second-order valence-electron chi connectivity index (χ2n) is 5.58. The van der Waals surface area contributed by atoms with E-state index in [1.165, 1.54) is 31.4 Å². The summed E-state index contributed by atoms with van der Waals surface area (Å²) < 4.78 is 13.0. The Morgan fingerprint density at radius 3 is 3.00 bits per heavy atom. The molecule has 1 fully saturated rings. The first-order valence-corrected chi connectivity index (χ1v) is 7.46. The fourth-order valence-electron chi connectivity index (χ4n) is 2.86. The minimum absolute atomic E-state index is 0.116. The van der Waals surface area contributed by atoms with Crippen molar-refractivity contribution >= 4 is 11.6 Å². The molecule has 1 aromatic rings. The van der Waals surface area contributed by atoms with Crippen molar-refractivity contribution < 1.29 is 9.18 Å². The summed E-state index contributed by atoms with van der Waals surface area (Å²) in [6.45, 7) is 2.52. The Labute approximate surface area is 120 Å². The van der Waals surface area contributed by atoms with Gasteiger partial charge in [0, 0.05) is 11.7 Å². The summed E-state index contributed by atoms with van der Waals surface area (Å²) in [5, 5.41) is 6.02. The van der Waals surface area contributed by atoms with E-state index in [2.05, 4.69) is 17.6 Å². The molecule has 2 unspecified atom stereocenters. The predicted octanol–water partition coefficient (Wildman–Crippen LogP) is 3.32. The second-order valence-corrected chi connectivity index (χ2v) is 5.58. The number of carbonyl (C=O) groups excluding carboxylic acids is 1. The van der Waals surface area contributed by atoms with Crippen LogP contribution >= 0.6 is 0 Å². The standard InChI is InChI=1S/C16H23FN2O/c1-2-12-5-3-7-14(9-12)18-11-16(20)19-15-8-4-6-13(17)10-15/h4,6,8,10,12,14,18H,2-3,5,7,9,11H2,1H3,(H,19,20). The van der Waals surface area contributed by atoms with Crippen molar-refractivity contribution in [2.24, 2.45) is 5.92 Å². The van der Waals surface area contributed by atoms with Gasteiger partial charge in [0.2, 0.25) is 5.91 Å². The third-order valence-corrected chi connectivity index (χ3v) is 4.02. The Bertz CT molecular complexity index is 450. The maximum Gasteiger partial charge on any atom is 0.238 e. The molecule has 0 aliphatic heterocycles. The molecule has 0 aromatic heterocycles. The minimum Gasteiger partial charge on any atom is -0.325 e. The molecule has 0 saturated heterocycles. The Hall–Kier alpha value is -1.42. The van der Waals surface area contributed by atoms with Crippen LogP contribution in [0.2, 0.25) is 0 Å². The molecule has 1 amide bonds. The van der Waals surface area contributed by atoms with E-state index in [0.717, 1.165) is 18.8 Å². The molecule has 0 bridgehead atoms. The van der Waals surface area contributed by atoms with Crippen LogP contribution in [0, 0.1) is 11.7 Å². The molecule has 1 aliphatic rings. The quantitative estimate of drug-likeness (QED) is 0.867. The summed E-state index contributed by atoms with van der Waals surface area (Å²) in [6, 6.07) is 6.40. The van der Waals surface area contributed by atoms with Gasteiger partial charge in [0.15, 0.2) is 0 Å². The molecule has 4 heteroatoms. The highest BCUT2D eigenvalue weighted by molar-refractivity contribution is 5.92. The molecule has 0 spiro atoms. The van der Waals surface area contributed by atoms with Crippen molar-refractivity contribution in [1.82, 2.24) is 5.32 Å². The molecule has 2 N–H and O–H groups in total. The van der Waals surface area contributed by atoms with Crippen molar-refractivity contribution in [2.75, 3.05) is 11.9 Å². The third-order valence-electron chi connectivity index (χ3n) is 4.02. The fourth-order valence-corrected chi connectivity index (χ4v) is 2.86. The van der Waals surface area contributed by atoms with Gasteiger partial charge in [0.05, 0.1) is 6.54 Å². The van der Waals surface area contributed by atoms with Crippen LogP contribution in [0.5, 0.6) is 0 Å². The van der Waals surface area contributed by atoms with E-state index < -0.39 is 0 Å². The first-order valence-electron chi connectivity index (χ1n) is 7.46. The van der Waals surface area contributed by atoms with Crippen LogP contribution in [-0.2, 0) is 4.79 Å². The molecular weight excluding hydrogens is 255 g/mol. The van der Waals surface area contributed by atoms with Gasteiger partial charge in [-0.3, -0.25) is 4.79 Å². The Morgan fingerprint density at radius 1 is 1.40 bits per heavy atom. The normalized spacial score (nSPS) is 22.5. The zero-order valence-electron chi connectivity index (χ0n) is 12.0. The van der Waals surface area contributed by atoms with Crippen molar-refractivity contribution in [3.63, 3.8) is 0 Å². The summed E-state index contributed by atoms with van der Waals surface area (Å²) in [5.74, 6) is 0.329. The molecule has 3 nitrogen and oxygen atoms in total. The van der Waals surface area contributed by atoms with Crippen LogP contribution in [0.1, 0.15) is 39.0 Å². The number of amides is 1. The van der Waals surface area contributed by atoms with E-state index in [9.17, 15) is 9.18 Å². The van der Waals surface area contributed by atoms with E-state index in [4.69, 9.17) is 0 Å². The Balaban J connectivity index is 1.75. The molecular formula is C16H23FN2O. The zero-order chi connectivity index (χ0) is 14.4. The van der Waals surface area contributed by atoms with Gasteiger partial charge < -0.3 is 10.6 Å². The monoisotopic (exact) mass is 278 g/mol. The van der Waals surface area contributed by atoms with Gasteiger partial charge in [0.25, 0.3) is 0 Å². The molecule has 110 valence electrons. The number of hydrogen-bond acceptors (Lipinski definition) is 2. The van der Waals surface area contributed by atoms with Crippen LogP contribution < -0.4 is 10.6 Å². The number of hydrogen-bond donors (Lipinski definition) is 2. The smallest absolute Gasteiger partial charge is 0.238 e. The summed E-state index contributed by atoms with van der Waals surface area (Å²) in [4.78, 5) is 11.8. The van der Waals surface area contributed by atoms with Crippen LogP contribution in [-0.4, -0.2) is 18.5 Å². The largest absolute Gasteiger partial charge is 0.325 e. The lowest BCUT2D eigenvalue weighted by atomic mass is 9.84. The molecule has 0 heterocycles. The van der Waals surface area contributed by atoms with Gasteiger partial charge in [-0.25, -0.2) is 4.39 Å². The lowest BCUT2D eigenvalue weighted by molar-refractivity contribution is -0.115. The number of nitrogens with one attached hydrogen (secondary N) is 2. The Morgan fingerprint density at radius 2 is 2.25 bits per heavy atom. The van der Waals surface area contributed by atoms with E-state index >= 15 is 0 Å². The van der Waals surface area contributed by atoms with Gasteiger partial charge >= 0.3 is 0 Å². The van der Waals surface area contributed by atoms with E-state index in [-0.39, 0.29) is 18.3 Å². The summed E-state index contributed by atoms with van der Waals surface area (Å²) in [6.07, 6.45) is 6.06. The summed E-state index contributed by atoms with van der Waals surface area (Å²) >= 11 is 0. The fraction of sp³-hybridized carbons (Fsp3) is 0.562. The van der Waals surface area contributed by atoms with Crippen LogP contribution in [0.25, 0.3) is 0 Å². The molecule has 2 atom stereocenters. The number of rotatable bonds is 5. The first kappa shape index (κ1) is 15.0. The average Bonchev–Trinajstić information content (AvgIpc) is 2.45. The van der Waals surface area contributed by atoms with Crippen LogP contribution in [0.3, 0.4) is 0 Å².